The number of nitrogens with zero attached hydrogens (tertiary/aromatic N) is 2. The molecule has 3 aromatic carbocycles. The van der Waals surface area contributed by atoms with E-state index in [1.54, 1.807) is 30.3 Å². The van der Waals surface area contributed by atoms with Gasteiger partial charge in [-0.1, -0.05) is 63.7 Å². The van der Waals surface area contributed by atoms with Crippen LogP contribution in [0.5, 0.6) is 0 Å². The van der Waals surface area contributed by atoms with E-state index in [-0.39, 0.29) is 11.6 Å². The molecule has 0 radical (unpaired) electrons. The number of benzene rings is 3. The van der Waals surface area contributed by atoms with Crippen LogP contribution in [0.1, 0.15) is 10.4 Å². The molecule has 0 fully saturated rings. The third-order valence-electron chi connectivity index (χ3n) is 4.32. The van der Waals surface area contributed by atoms with Crippen LogP contribution in [0.15, 0.2) is 83.3 Å². The summed E-state index contributed by atoms with van der Waals surface area (Å²) in [4.78, 5) is 28.6. The van der Waals surface area contributed by atoms with Crippen LogP contribution in [0.25, 0.3) is 21.7 Å². The lowest BCUT2D eigenvalue weighted by Crippen LogP contribution is -2.11. The third-order valence-corrected chi connectivity index (χ3v) is 5.84. The number of aromatic nitrogens is 1. The highest BCUT2D eigenvalue weighted by atomic mass is 79.9. The van der Waals surface area contributed by atoms with Gasteiger partial charge in [0.25, 0.3) is 11.6 Å². The van der Waals surface area contributed by atoms with Crippen LogP contribution in [0.3, 0.4) is 0 Å². The second-order valence-corrected chi connectivity index (χ2v) is 8.25. The Labute approximate surface area is 184 Å². The van der Waals surface area contributed by atoms with Crippen molar-refractivity contribution in [1.82, 2.24) is 4.98 Å². The molecule has 0 unspecified atom stereocenters. The number of hydrogen-bond donors (Lipinski definition) is 1. The summed E-state index contributed by atoms with van der Waals surface area (Å²) in [6.45, 7) is 0. The Hall–Kier alpha value is -3.36. The first-order valence-electron chi connectivity index (χ1n) is 8.89. The summed E-state index contributed by atoms with van der Waals surface area (Å²) >= 11 is 4.69. The number of nitrogens with one attached hydrogen (secondary N) is 1. The van der Waals surface area contributed by atoms with E-state index in [0.29, 0.717) is 16.4 Å². The van der Waals surface area contributed by atoms with Crippen molar-refractivity contribution in [2.75, 3.05) is 5.32 Å². The SMILES string of the molecule is O=C(Nc1nc(-c2ccccc2)c(-c2ccc([N+](=O)[O-])cc2)s1)c1cccc(Br)c1. The first kappa shape index (κ1) is 19.9. The molecule has 0 spiro atoms. The molecular weight excluding hydrogens is 466 g/mol. The molecule has 0 aliphatic carbocycles. The quantitative estimate of drug-likeness (QED) is 0.265. The zero-order valence-electron chi connectivity index (χ0n) is 15.4. The van der Waals surface area contributed by atoms with Crippen LogP contribution in [0, 0.1) is 10.1 Å². The Morgan fingerprint density at radius 3 is 2.37 bits per heavy atom. The average Bonchev–Trinajstić information content (AvgIpc) is 3.18. The number of carbonyl (C=O) groups is 1. The Bertz CT molecular complexity index is 1220. The Kier molecular flexibility index (Phi) is 5.69. The van der Waals surface area contributed by atoms with E-state index in [0.717, 1.165) is 20.5 Å². The zero-order valence-corrected chi connectivity index (χ0v) is 17.8. The van der Waals surface area contributed by atoms with E-state index in [1.807, 2.05) is 36.4 Å². The molecular formula is C22H14BrN3O3S. The normalized spacial score (nSPS) is 10.6. The van der Waals surface area contributed by atoms with Gasteiger partial charge in [0.1, 0.15) is 0 Å². The van der Waals surface area contributed by atoms with E-state index < -0.39 is 4.92 Å². The summed E-state index contributed by atoms with van der Waals surface area (Å²) in [5.41, 5.74) is 2.93. The van der Waals surface area contributed by atoms with E-state index >= 15 is 0 Å². The van der Waals surface area contributed by atoms with Crippen molar-refractivity contribution in [2.45, 2.75) is 0 Å². The van der Waals surface area contributed by atoms with Crippen LogP contribution in [-0.4, -0.2) is 15.8 Å². The molecule has 1 amide bonds. The fourth-order valence-corrected chi connectivity index (χ4v) is 4.28. The van der Waals surface area contributed by atoms with Gasteiger partial charge in [0.05, 0.1) is 15.5 Å². The number of amides is 1. The third kappa shape index (κ3) is 4.29. The van der Waals surface area contributed by atoms with Gasteiger partial charge < -0.3 is 0 Å². The van der Waals surface area contributed by atoms with Crippen LogP contribution in [-0.2, 0) is 0 Å². The van der Waals surface area contributed by atoms with Crippen LogP contribution >= 0.6 is 27.3 Å². The van der Waals surface area contributed by atoms with Gasteiger partial charge in [0.2, 0.25) is 0 Å². The van der Waals surface area contributed by atoms with Crippen molar-refractivity contribution >= 4 is 44.0 Å². The predicted octanol–water partition coefficient (Wildman–Crippen LogP) is 6.40. The highest BCUT2D eigenvalue weighted by molar-refractivity contribution is 9.10. The molecule has 0 atom stereocenters. The van der Waals surface area contributed by atoms with Crippen LogP contribution in [0.4, 0.5) is 10.8 Å². The fraction of sp³-hybridized carbons (Fsp3) is 0. The summed E-state index contributed by atoms with van der Waals surface area (Å²) < 4.78 is 0.811. The minimum Gasteiger partial charge on any atom is -0.298 e. The number of thiazole rings is 1. The molecule has 0 bridgehead atoms. The average molecular weight is 480 g/mol. The molecule has 1 heterocycles. The Balaban J connectivity index is 1.72. The molecule has 0 aliphatic heterocycles. The van der Waals surface area contributed by atoms with Gasteiger partial charge in [0, 0.05) is 27.7 Å². The van der Waals surface area contributed by atoms with Crippen molar-refractivity contribution in [3.63, 3.8) is 0 Å². The van der Waals surface area contributed by atoms with E-state index in [4.69, 9.17) is 0 Å². The molecule has 0 saturated heterocycles. The number of hydrogen-bond acceptors (Lipinski definition) is 5. The molecule has 1 N–H and O–H groups in total. The molecule has 8 heteroatoms. The summed E-state index contributed by atoms with van der Waals surface area (Å²) in [7, 11) is 0. The molecule has 6 nitrogen and oxygen atoms in total. The molecule has 1 aromatic heterocycles. The van der Waals surface area contributed by atoms with Gasteiger partial charge in [-0.25, -0.2) is 4.98 Å². The summed E-state index contributed by atoms with van der Waals surface area (Å²) in [5.74, 6) is -0.264. The monoisotopic (exact) mass is 479 g/mol. The zero-order chi connectivity index (χ0) is 21.1. The molecule has 0 aliphatic rings. The number of carbonyl (C=O) groups excluding carboxylic acids is 1. The molecule has 148 valence electrons. The maximum absolute atomic E-state index is 12.6. The van der Waals surface area contributed by atoms with Gasteiger partial charge in [0.15, 0.2) is 5.13 Å². The smallest absolute Gasteiger partial charge is 0.269 e. The van der Waals surface area contributed by atoms with E-state index in [2.05, 4.69) is 26.2 Å². The fourth-order valence-electron chi connectivity index (χ4n) is 2.89. The number of rotatable bonds is 5. The number of halogens is 1. The highest BCUT2D eigenvalue weighted by Gasteiger charge is 2.18. The lowest BCUT2D eigenvalue weighted by atomic mass is 10.1. The lowest BCUT2D eigenvalue weighted by molar-refractivity contribution is -0.384. The van der Waals surface area contributed by atoms with Gasteiger partial charge in [-0.05, 0) is 35.9 Å². The second-order valence-electron chi connectivity index (χ2n) is 6.33. The van der Waals surface area contributed by atoms with Crippen molar-refractivity contribution in [3.05, 3.63) is 99.0 Å². The molecule has 4 rings (SSSR count). The standard InChI is InChI=1S/C22H14BrN3O3S/c23-17-8-4-7-16(13-17)21(27)25-22-24-19(14-5-2-1-3-6-14)20(30-22)15-9-11-18(12-10-15)26(28)29/h1-13H,(H,24,25,27). The van der Waals surface area contributed by atoms with Gasteiger partial charge in [-0.15, -0.1) is 0 Å². The van der Waals surface area contributed by atoms with Gasteiger partial charge in [-0.3, -0.25) is 20.2 Å². The largest absolute Gasteiger partial charge is 0.298 e. The van der Waals surface area contributed by atoms with Crippen LogP contribution in [0.2, 0.25) is 0 Å². The van der Waals surface area contributed by atoms with Crippen molar-refractivity contribution in [2.24, 2.45) is 0 Å². The Morgan fingerprint density at radius 2 is 1.70 bits per heavy atom. The number of nitro groups is 1. The minimum absolute atomic E-state index is 0.0210. The lowest BCUT2D eigenvalue weighted by Gasteiger charge is -2.02. The number of nitro benzene ring substituents is 1. The number of non-ortho nitro benzene ring substituents is 1. The molecule has 4 aromatic rings. The van der Waals surface area contributed by atoms with Crippen molar-refractivity contribution in [3.8, 4) is 21.7 Å². The van der Waals surface area contributed by atoms with Gasteiger partial charge in [-0.2, -0.15) is 0 Å². The van der Waals surface area contributed by atoms with Gasteiger partial charge >= 0.3 is 0 Å². The number of anilines is 1. The minimum atomic E-state index is -0.432. The Morgan fingerprint density at radius 1 is 0.967 bits per heavy atom. The predicted molar refractivity (Wildman–Crippen MR) is 122 cm³/mol. The topological polar surface area (TPSA) is 85.1 Å². The van der Waals surface area contributed by atoms with Crippen molar-refractivity contribution in [1.29, 1.82) is 0 Å². The van der Waals surface area contributed by atoms with Crippen LogP contribution < -0.4 is 5.32 Å². The maximum Gasteiger partial charge on any atom is 0.269 e. The molecule has 0 saturated carbocycles. The first-order valence-corrected chi connectivity index (χ1v) is 10.5. The molecule has 30 heavy (non-hydrogen) atoms. The summed E-state index contributed by atoms with van der Waals surface area (Å²) in [6.07, 6.45) is 0. The highest BCUT2D eigenvalue weighted by Crippen LogP contribution is 2.39. The summed E-state index contributed by atoms with van der Waals surface area (Å²) in [6, 6.07) is 23.0. The second kappa shape index (κ2) is 8.56. The van der Waals surface area contributed by atoms with E-state index in [9.17, 15) is 14.9 Å². The first-order chi connectivity index (χ1) is 14.5. The summed E-state index contributed by atoms with van der Waals surface area (Å²) in [5, 5.41) is 14.3. The van der Waals surface area contributed by atoms with Crippen molar-refractivity contribution < 1.29 is 9.72 Å². The van der Waals surface area contributed by atoms with E-state index in [1.165, 1.54) is 23.5 Å². The maximum atomic E-state index is 12.6.